The van der Waals surface area contributed by atoms with Crippen molar-refractivity contribution < 1.29 is 9.53 Å². The Balaban J connectivity index is 2.67. The lowest BCUT2D eigenvalue weighted by molar-refractivity contribution is -0.142. The Bertz CT molecular complexity index is 440. The second-order valence-corrected chi connectivity index (χ2v) is 5.79. The Morgan fingerprint density at radius 2 is 2.25 bits per heavy atom. The summed E-state index contributed by atoms with van der Waals surface area (Å²) in [4.78, 5) is 11.5. The van der Waals surface area contributed by atoms with Gasteiger partial charge in [-0.2, -0.15) is 0 Å². The van der Waals surface area contributed by atoms with Crippen molar-refractivity contribution >= 4 is 60.4 Å². The zero-order chi connectivity index (χ0) is 12.1. The molecule has 0 aliphatic rings. The van der Waals surface area contributed by atoms with Crippen LogP contribution in [0.4, 0.5) is 0 Å². The molecule has 0 saturated heterocycles. The Hall–Kier alpha value is -0.0600. The lowest BCUT2D eigenvalue weighted by Gasteiger charge is -2.07. The first-order chi connectivity index (χ1) is 7.52. The predicted molar refractivity (Wildman–Crippen MR) is 78.3 cm³/mol. The Labute approximate surface area is 125 Å². The van der Waals surface area contributed by atoms with Crippen molar-refractivity contribution in [3.8, 4) is 12.3 Å². The summed E-state index contributed by atoms with van der Waals surface area (Å²) >= 11 is 8.60. The summed E-state index contributed by atoms with van der Waals surface area (Å²) in [6.45, 7) is 0. The Morgan fingerprint density at radius 3 is 2.81 bits per heavy atom. The highest BCUT2D eigenvalue weighted by Crippen LogP contribution is 2.22. The third kappa shape index (κ3) is 4.44. The molecule has 0 fully saturated rings. The molecule has 1 unspecified atom stereocenters. The van der Waals surface area contributed by atoms with Gasteiger partial charge in [-0.3, -0.25) is 4.79 Å². The third-order valence-corrected chi connectivity index (χ3v) is 3.56. The number of carbonyl (C=O) groups is 1. The summed E-state index contributed by atoms with van der Waals surface area (Å²) in [6.07, 6.45) is 5.32. The first-order valence-electron chi connectivity index (χ1n) is 4.26. The van der Waals surface area contributed by atoms with Crippen LogP contribution in [0.15, 0.2) is 27.1 Å². The molecule has 16 heavy (non-hydrogen) atoms. The highest BCUT2D eigenvalue weighted by atomic mass is 127. The van der Waals surface area contributed by atoms with Crippen molar-refractivity contribution in [1.29, 1.82) is 0 Å². The molecule has 0 spiro atoms. The number of esters is 1. The molecule has 2 nitrogen and oxygen atoms in total. The molecular weight excluding hydrogens is 451 g/mol. The minimum atomic E-state index is -0.515. The zero-order valence-electron chi connectivity index (χ0n) is 8.04. The molecule has 0 N–H and O–H groups in total. The number of alkyl halides is 1. The van der Waals surface area contributed by atoms with E-state index in [1.54, 1.807) is 0 Å². The van der Waals surface area contributed by atoms with E-state index in [1.807, 2.05) is 40.8 Å². The molecule has 0 saturated carbocycles. The van der Waals surface area contributed by atoms with Gasteiger partial charge >= 0.3 is 5.97 Å². The van der Waals surface area contributed by atoms with Crippen LogP contribution in [0.2, 0.25) is 0 Å². The van der Waals surface area contributed by atoms with E-state index in [1.165, 1.54) is 0 Å². The van der Waals surface area contributed by atoms with Crippen LogP contribution in [0, 0.1) is 12.3 Å². The normalized spacial score (nSPS) is 11.6. The fraction of sp³-hybridized carbons (Fsp3) is 0.182. The van der Waals surface area contributed by atoms with Crippen molar-refractivity contribution in [1.82, 2.24) is 0 Å². The van der Waals surface area contributed by atoms with Crippen molar-refractivity contribution in [3.63, 3.8) is 0 Å². The van der Waals surface area contributed by atoms with Crippen LogP contribution in [-0.4, -0.2) is 10.1 Å². The number of ether oxygens (including phenoxy) is 1. The molecule has 0 radical (unpaired) electrons. The van der Waals surface area contributed by atoms with E-state index in [2.05, 4.69) is 37.8 Å². The zero-order valence-corrected chi connectivity index (χ0v) is 13.4. The number of hydrogen-bond acceptors (Lipinski definition) is 2. The molecular formula is C11H7Br2IO2. The number of halogens is 3. The van der Waals surface area contributed by atoms with E-state index >= 15 is 0 Å². The SMILES string of the molecule is C#CC(I)OC(=O)Cc1ccc(Br)cc1Br. The molecule has 84 valence electrons. The lowest BCUT2D eigenvalue weighted by atomic mass is 10.1. The van der Waals surface area contributed by atoms with Crippen LogP contribution < -0.4 is 0 Å². The minimum Gasteiger partial charge on any atom is -0.439 e. The standard InChI is InChI=1S/C11H7Br2IO2/c1-2-10(14)16-11(15)5-7-3-4-8(12)6-9(7)13/h1,3-4,6,10H,5H2. The van der Waals surface area contributed by atoms with Gasteiger partial charge in [0.2, 0.25) is 4.11 Å². The number of rotatable bonds is 3. The molecule has 0 aromatic heterocycles. The number of terminal acetylenes is 1. The van der Waals surface area contributed by atoms with E-state index in [4.69, 9.17) is 11.2 Å². The molecule has 1 atom stereocenters. The summed E-state index contributed by atoms with van der Waals surface area (Å²) in [5, 5.41) is 0. The number of carbonyl (C=O) groups excluding carboxylic acids is 1. The highest BCUT2D eigenvalue weighted by Gasteiger charge is 2.11. The van der Waals surface area contributed by atoms with Crippen LogP contribution >= 0.6 is 54.5 Å². The molecule has 1 aromatic carbocycles. The van der Waals surface area contributed by atoms with Gasteiger partial charge in [0.05, 0.1) is 6.42 Å². The number of benzene rings is 1. The molecule has 1 aromatic rings. The summed E-state index contributed by atoms with van der Waals surface area (Å²) in [5.74, 6) is 2.00. The van der Waals surface area contributed by atoms with Crippen LogP contribution in [0.1, 0.15) is 5.56 Å². The third-order valence-electron chi connectivity index (χ3n) is 1.72. The van der Waals surface area contributed by atoms with Gasteiger partial charge in [-0.25, -0.2) is 0 Å². The average Bonchev–Trinajstić information content (AvgIpc) is 2.22. The summed E-state index contributed by atoms with van der Waals surface area (Å²) in [6, 6.07) is 5.61. The van der Waals surface area contributed by atoms with Crippen molar-refractivity contribution in [2.75, 3.05) is 0 Å². The number of hydrogen-bond donors (Lipinski definition) is 0. The topological polar surface area (TPSA) is 26.3 Å². The van der Waals surface area contributed by atoms with Crippen LogP contribution in [0.5, 0.6) is 0 Å². The van der Waals surface area contributed by atoms with Crippen LogP contribution in [0.3, 0.4) is 0 Å². The lowest BCUT2D eigenvalue weighted by Crippen LogP contribution is -2.13. The maximum Gasteiger partial charge on any atom is 0.312 e. The van der Waals surface area contributed by atoms with E-state index in [0.717, 1.165) is 14.5 Å². The summed E-state index contributed by atoms with van der Waals surface area (Å²) in [5.41, 5.74) is 0.869. The maximum atomic E-state index is 11.5. The molecule has 5 heteroatoms. The van der Waals surface area contributed by atoms with E-state index < -0.39 is 4.11 Å². The highest BCUT2D eigenvalue weighted by molar-refractivity contribution is 14.1. The Morgan fingerprint density at radius 1 is 1.56 bits per heavy atom. The predicted octanol–water partition coefficient (Wildman–Crippen LogP) is 3.69. The van der Waals surface area contributed by atoms with Gasteiger partial charge < -0.3 is 4.74 Å². The fourth-order valence-corrected chi connectivity index (χ4v) is 2.48. The van der Waals surface area contributed by atoms with E-state index in [9.17, 15) is 4.79 Å². The van der Waals surface area contributed by atoms with Gasteiger partial charge in [0.15, 0.2) is 0 Å². The van der Waals surface area contributed by atoms with Gasteiger partial charge in [0.25, 0.3) is 0 Å². The van der Waals surface area contributed by atoms with Crippen molar-refractivity contribution in [2.24, 2.45) is 0 Å². The largest absolute Gasteiger partial charge is 0.439 e. The van der Waals surface area contributed by atoms with E-state index in [0.29, 0.717) is 0 Å². The maximum absolute atomic E-state index is 11.5. The molecule has 0 heterocycles. The second-order valence-electron chi connectivity index (χ2n) is 2.89. The smallest absolute Gasteiger partial charge is 0.312 e. The summed E-state index contributed by atoms with van der Waals surface area (Å²) < 4.78 is 6.27. The molecule has 0 aliphatic heterocycles. The van der Waals surface area contributed by atoms with Gasteiger partial charge in [-0.05, 0) is 40.3 Å². The molecule has 1 rings (SSSR count). The Kier molecular flexibility index (Phi) is 5.79. The first kappa shape index (κ1) is 14.0. The van der Waals surface area contributed by atoms with Gasteiger partial charge in [0, 0.05) is 8.95 Å². The second kappa shape index (κ2) is 6.62. The van der Waals surface area contributed by atoms with Crippen molar-refractivity contribution in [2.45, 2.75) is 10.5 Å². The average molecular weight is 458 g/mol. The van der Waals surface area contributed by atoms with E-state index in [-0.39, 0.29) is 12.4 Å². The van der Waals surface area contributed by atoms with Crippen LogP contribution in [-0.2, 0) is 16.0 Å². The first-order valence-corrected chi connectivity index (χ1v) is 7.09. The van der Waals surface area contributed by atoms with Crippen molar-refractivity contribution in [3.05, 3.63) is 32.7 Å². The van der Waals surface area contributed by atoms with Gasteiger partial charge in [-0.15, -0.1) is 6.42 Å². The minimum absolute atomic E-state index is 0.203. The molecule has 0 aliphatic carbocycles. The molecule has 0 bridgehead atoms. The van der Waals surface area contributed by atoms with Gasteiger partial charge in [-0.1, -0.05) is 43.8 Å². The quantitative estimate of drug-likeness (QED) is 0.299. The monoisotopic (exact) mass is 456 g/mol. The molecule has 0 amide bonds. The van der Waals surface area contributed by atoms with Crippen LogP contribution in [0.25, 0.3) is 0 Å². The summed E-state index contributed by atoms with van der Waals surface area (Å²) in [7, 11) is 0. The van der Waals surface area contributed by atoms with Gasteiger partial charge in [0.1, 0.15) is 0 Å². The fourth-order valence-electron chi connectivity index (χ4n) is 1.01.